The van der Waals surface area contributed by atoms with E-state index in [4.69, 9.17) is 9.84 Å². The number of carbonyl (C=O) groups excluding carboxylic acids is 2. The molecule has 210 valence electrons. The van der Waals surface area contributed by atoms with Gasteiger partial charge in [-0.25, -0.2) is 14.6 Å². The maximum Gasteiger partial charge on any atom is 0.336 e. The number of hydrogen-bond acceptors (Lipinski definition) is 8. The van der Waals surface area contributed by atoms with Crippen molar-refractivity contribution in [3.8, 4) is 17.0 Å². The Hall–Kier alpha value is -4.68. The Labute approximate surface area is 243 Å². The van der Waals surface area contributed by atoms with Gasteiger partial charge in [0.1, 0.15) is 5.75 Å². The lowest BCUT2D eigenvalue weighted by Crippen LogP contribution is -2.24. The Kier molecular flexibility index (Phi) is 9.37. The van der Waals surface area contributed by atoms with E-state index in [9.17, 15) is 24.3 Å². The van der Waals surface area contributed by atoms with E-state index in [2.05, 4.69) is 15.6 Å². The molecule has 0 aliphatic carbocycles. The minimum Gasteiger partial charge on any atom is -0.497 e. The number of hydrogen-bond donors (Lipinski definition) is 4. The number of methoxy groups -OCH3 is 1. The van der Waals surface area contributed by atoms with Crippen LogP contribution in [-0.4, -0.2) is 51.3 Å². The molecule has 1 heterocycles. The van der Waals surface area contributed by atoms with Crippen LogP contribution in [0.4, 0.5) is 10.8 Å². The maximum absolute atomic E-state index is 13.1. The fourth-order valence-electron chi connectivity index (χ4n) is 3.82. The molecule has 1 atom stereocenters. The average Bonchev–Trinajstić information content (AvgIpc) is 3.44. The third-order valence-corrected chi connectivity index (χ3v) is 7.99. The van der Waals surface area contributed by atoms with E-state index in [0.717, 1.165) is 23.4 Å². The Morgan fingerprint density at radius 3 is 2.44 bits per heavy atom. The highest BCUT2D eigenvalue weighted by atomic mass is 32.2. The second-order valence-corrected chi connectivity index (χ2v) is 10.8. The fourth-order valence-corrected chi connectivity index (χ4v) is 5.55. The molecule has 4 aromatic rings. The largest absolute Gasteiger partial charge is 0.497 e. The lowest BCUT2D eigenvalue weighted by atomic mass is 10.0. The van der Waals surface area contributed by atoms with Gasteiger partial charge in [0.15, 0.2) is 5.13 Å². The summed E-state index contributed by atoms with van der Waals surface area (Å²) in [6.07, 6.45) is 0.527. The van der Waals surface area contributed by atoms with Crippen LogP contribution < -0.4 is 15.4 Å². The molecule has 0 saturated heterocycles. The van der Waals surface area contributed by atoms with E-state index in [-0.39, 0.29) is 17.0 Å². The molecule has 2 amide bonds. The lowest BCUT2D eigenvalue weighted by Gasteiger charge is -2.15. The summed E-state index contributed by atoms with van der Waals surface area (Å²) in [4.78, 5) is 54.0. The summed E-state index contributed by atoms with van der Waals surface area (Å²) in [7, 11) is 1.59. The molecule has 0 spiro atoms. The molecule has 0 radical (unpaired) electrons. The summed E-state index contributed by atoms with van der Waals surface area (Å²) in [6.45, 7) is 1.89. The van der Waals surface area contributed by atoms with Crippen molar-refractivity contribution in [2.45, 2.75) is 23.5 Å². The monoisotopic (exact) mass is 591 g/mol. The number of thiazole rings is 1. The molecule has 10 nitrogen and oxygen atoms in total. The molecule has 4 N–H and O–H groups in total. The zero-order valence-corrected chi connectivity index (χ0v) is 23.5. The Bertz CT molecular complexity index is 1620. The molecule has 0 saturated carbocycles. The lowest BCUT2D eigenvalue weighted by molar-refractivity contribution is -0.115. The first-order valence-electron chi connectivity index (χ1n) is 12.3. The number of benzene rings is 3. The van der Waals surface area contributed by atoms with Crippen LogP contribution in [0.25, 0.3) is 11.3 Å². The minimum absolute atomic E-state index is 0.178. The number of carboxylic acids is 2. The molecular weight excluding hydrogens is 566 g/mol. The van der Waals surface area contributed by atoms with Gasteiger partial charge in [-0.15, -0.1) is 23.1 Å². The standard InChI is InChI=1S/C29H25N3O7S2/c1-3-24(26(34)32-29-31-23(15-40-29)16-6-4-8-19(12-16)39-2)41-20-9-5-7-18(14-20)30-25(33)21-11-10-17(27(35)36)13-22(21)28(37)38/h4-15,24H,3H2,1-2H3,(H,30,33)(H,35,36)(H,37,38)(H,31,32,34). The first-order valence-corrected chi connectivity index (χ1v) is 14.0. The molecule has 3 aromatic carbocycles. The predicted octanol–water partition coefficient (Wildman–Crippen LogP) is 5.98. The smallest absolute Gasteiger partial charge is 0.336 e. The normalized spacial score (nSPS) is 11.4. The molecule has 4 rings (SSSR count). The third-order valence-electron chi connectivity index (χ3n) is 5.87. The number of nitrogens with zero attached hydrogens (tertiary/aromatic N) is 1. The number of carbonyl (C=O) groups is 4. The van der Waals surface area contributed by atoms with E-state index >= 15 is 0 Å². The summed E-state index contributed by atoms with van der Waals surface area (Å²) in [5.41, 5.74) is 1.13. The second kappa shape index (κ2) is 13.1. The van der Waals surface area contributed by atoms with Crippen LogP contribution in [0.3, 0.4) is 0 Å². The molecule has 0 fully saturated rings. The molecule has 1 unspecified atom stereocenters. The SMILES string of the molecule is CCC(Sc1cccc(NC(=O)c2ccc(C(=O)O)cc2C(=O)O)c1)C(=O)Nc1nc(-c2cccc(OC)c2)cs1. The fraction of sp³-hybridized carbons (Fsp3) is 0.138. The van der Waals surface area contributed by atoms with Gasteiger partial charge in [0.2, 0.25) is 5.91 Å². The Morgan fingerprint density at radius 1 is 0.951 bits per heavy atom. The molecule has 12 heteroatoms. The number of carboxylic acid groups (broad SMARTS) is 2. The van der Waals surface area contributed by atoms with Gasteiger partial charge in [-0.3, -0.25) is 9.59 Å². The molecule has 0 aliphatic heterocycles. The molecule has 0 aliphatic rings. The highest BCUT2D eigenvalue weighted by Gasteiger charge is 2.21. The highest BCUT2D eigenvalue weighted by Crippen LogP contribution is 2.31. The first-order chi connectivity index (χ1) is 19.7. The number of rotatable bonds is 11. The maximum atomic E-state index is 13.1. The van der Waals surface area contributed by atoms with Crippen LogP contribution in [0.1, 0.15) is 44.4 Å². The van der Waals surface area contributed by atoms with Gasteiger partial charge in [-0.2, -0.15) is 0 Å². The van der Waals surface area contributed by atoms with Crippen molar-refractivity contribution < 1.29 is 34.1 Å². The second-order valence-electron chi connectivity index (χ2n) is 8.63. The van der Waals surface area contributed by atoms with E-state index in [1.165, 1.54) is 29.2 Å². The quantitative estimate of drug-likeness (QED) is 0.154. The van der Waals surface area contributed by atoms with Crippen molar-refractivity contribution in [3.05, 3.63) is 88.8 Å². The van der Waals surface area contributed by atoms with Gasteiger partial charge in [0, 0.05) is 21.5 Å². The van der Waals surface area contributed by atoms with E-state index in [1.807, 2.05) is 36.6 Å². The van der Waals surface area contributed by atoms with Gasteiger partial charge in [-0.1, -0.05) is 25.1 Å². The number of anilines is 2. The van der Waals surface area contributed by atoms with Crippen LogP contribution in [0, 0.1) is 0 Å². The molecule has 41 heavy (non-hydrogen) atoms. The van der Waals surface area contributed by atoms with Gasteiger partial charge in [-0.05, 0) is 55.0 Å². The van der Waals surface area contributed by atoms with Crippen molar-refractivity contribution in [3.63, 3.8) is 0 Å². The topological polar surface area (TPSA) is 155 Å². The van der Waals surface area contributed by atoms with Crippen LogP contribution in [0.5, 0.6) is 5.75 Å². The van der Waals surface area contributed by atoms with Crippen molar-refractivity contribution >= 4 is 57.7 Å². The van der Waals surface area contributed by atoms with Crippen LogP contribution in [0.2, 0.25) is 0 Å². The Balaban J connectivity index is 1.43. The summed E-state index contributed by atoms with van der Waals surface area (Å²) in [5, 5.41) is 26.0. The van der Waals surface area contributed by atoms with E-state index in [0.29, 0.717) is 27.9 Å². The number of aromatic nitrogens is 1. The van der Waals surface area contributed by atoms with E-state index in [1.54, 1.807) is 31.4 Å². The van der Waals surface area contributed by atoms with Crippen LogP contribution in [-0.2, 0) is 4.79 Å². The number of aromatic carboxylic acids is 2. The van der Waals surface area contributed by atoms with Crippen molar-refractivity contribution in [2.24, 2.45) is 0 Å². The summed E-state index contributed by atoms with van der Waals surface area (Å²) in [5.74, 6) is -2.94. The number of amides is 2. The third kappa shape index (κ3) is 7.29. The highest BCUT2D eigenvalue weighted by molar-refractivity contribution is 8.00. The number of thioether (sulfide) groups is 1. The molecular formula is C29H25N3O7S2. The number of nitrogens with one attached hydrogen (secondary N) is 2. The van der Waals surface area contributed by atoms with Gasteiger partial charge >= 0.3 is 11.9 Å². The molecule has 1 aromatic heterocycles. The van der Waals surface area contributed by atoms with Gasteiger partial charge < -0.3 is 25.6 Å². The molecule has 0 bridgehead atoms. The number of ether oxygens (including phenoxy) is 1. The van der Waals surface area contributed by atoms with Crippen molar-refractivity contribution in [2.75, 3.05) is 17.7 Å². The zero-order chi connectivity index (χ0) is 29.5. The zero-order valence-electron chi connectivity index (χ0n) is 21.9. The minimum atomic E-state index is -1.42. The summed E-state index contributed by atoms with van der Waals surface area (Å²) < 4.78 is 5.27. The van der Waals surface area contributed by atoms with Crippen LogP contribution >= 0.6 is 23.1 Å². The first kappa shape index (κ1) is 29.3. The van der Waals surface area contributed by atoms with Crippen LogP contribution in [0.15, 0.2) is 77.0 Å². The Morgan fingerprint density at radius 2 is 1.73 bits per heavy atom. The van der Waals surface area contributed by atoms with Gasteiger partial charge in [0.25, 0.3) is 5.91 Å². The van der Waals surface area contributed by atoms with Crippen molar-refractivity contribution in [1.29, 1.82) is 0 Å². The predicted molar refractivity (Wildman–Crippen MR) is 157 cm³/mol. The van der Waals surface area contributed by atoms with E-state index < -0.39 is 28.7 Å². The summed E-state index contributed by atoms with van der Waals surface area (Å²) in [6, 6.07) is 17.6. The van der Waals surface area contributed by atoms with Crippen molar-refractivity contribution in [1.82, 2.24) is 4.98 Å². The summed E-state index contributed by atoms with van der Waals surface area (Å²) >= 11 is 2.63. The average molecular weight is 592 g/mol. The van der Waals surface area contributed by atoms with Gasteiger partial charge in [0.05, 0.1) is 34.7 Å².